The molecule has 1 amide bonds. The number of hydrogen-bond donors (Lipinski definition) is 1. The summed E-state index contributed by atoms with van der Waals surface area (Å²) in [5, 5.41) is 18.5. The largest absolute Gasteiger partial charge is 0.337 e. The number of fused-ring (bicyclic) bond motifs is 1. The number of hydrogen-bond acceptors (Lipinski definition) is 5. The first-order chi connectivity index (χ1) is 11.6. The van der Waals surface area contributed by atoms with Crippen LogP contribution in [0.2, 0.25) is 0 Å². The van der Waals surface area contributed by atoms with Crippen molar-refractivity contribution in [3.63, 3.8) is 0 Å². The molecule has 2 aliphatic rings. The number of amides is 1. The van der Waals surface area contributed by atoms with Crippen molar-refractivity contribution in [2.75, 3.05) is 26.2 Å². The summed E-state index contributed by atoms with van der Waals surface area (Å²) >= 11 is 0. The second-order valence-electron chi connectivity index (χ2n) is 6.31. The zero-order chi connectivity index (χ0) is 16.7. The van der Waals surface area contributed by atoms with E-state index in [9.17, 15) is 14.9 Å². The van der Waals surface area contributed by atoms with Gasteiger partial charge in [-0.15, -0.1) is 0 Å². The molecule has 8 heteroatoms. The third-order valence-corrected chi connectivity index (χ3v) is 4.79. The summed E-state index contributed by atoms with van der Waals surface area (Å²) in [7, 11) is 0. The van der Waals surface area contributed by atoms with Crippen molar-refractivity contribution in [1.82, 2.24) is 20.0 Å². The van der Waals surface area contributed by atoms with Crippen LogP contribution >= 0.6 is 0 Å². The van der Waals surface area contributed by atoms with E-state index >= 15 is 0 Å². The fourth-order valence-electron chi connectivity index (χ4n) is 3.51. The molecule has 24 heavy (non-hydrogen) atoms. The highest BCUT2D eigenvalue weighted by Gasteiger charge is 2.38. The third-order valence-electron chi connectivity index (χ3n) is 4.79. The van der Waals surface area contributed by atoms with Gasteiger partial charge in [-0.2, -0.15) is 5.10 Å². The number of nitro benzene ring substituents is 1. The average molecular weight is 327 g/mol. The highest BCUT2D eigenvalue weighted by Crippen LogP contribution is 2.27. The van der Waals surface area contributed by atoms with Gasteiger partial charge >= 0.3 is 0 Å². The van der Waals surface area contributed by atoms with Crippen LogP contribution in [-0.2, 0) is 0 Å². The molecule has 8 nitrogen and oxygen atoms in total. The van der Waals surface area contributed by atoms with Crippen LogP contribution in [-0.4, -0.2) is 51.7 Å². The zero-order valence-corrected chi connectivity index (χ0v) is 13.0. The Bertz CT molecular complexity index is 791. The van der Waals surface area contributed by atoms with Gasteiger partial charge in [0.25, 0.3) is 11.6 Å². The third kappa shape index (κ3) is 2.54. The Kier molecular flexibility index (Phi) is 3.53. The molecule has 2 aromatic rings. The lowest BCUT2D eigenvalue weighted by atomic mass is 10.0. The number of aromatic nitrogens is 2. The molecule has 2 saturated heterocycles. The number of benzene rings is 1. The number of nitrogens with zero attached hydrogens (tertiary/aromatic N) is 4. The Morgan fingerprint density at radius 1 is 1.25 bits per heavy atom. The predicted molar refractivity (Wildman–Crippen MR) is 86.0 cm³/mol. The number of nitrogens with one attached hydrogen (secondary N) is 1. The normalized spacial score (nSPS) is 22.6. The molecule has 2 aliphatic heterocycles. The molecule has 0 saturated carbocycles. The van der Waals surface area contributed by atoms with Gasteiger partial charge in [0.15, 0.2) is 5.69 Å². The van der Waals surface area contributed by atoms with Crippen LogP contribution in [0.1, 0.15) is 10.5 Å². The molecule has 2 atom stereocenters. The van der Waals surface area contributed by atoms with Gasteiger partial charge in [0, 0.05) is 44.5 Å². The fraction of sp³-hybridized carbons (Fsp3) is 0.375. The first-order valence-corrected chi connectivity index (χ1v) is 7.92. The molecule has 2 fully saturated rings. The number of rotatable bonds is 3. The fourth-order valence-corrected chi connectivity index (χ4v) is 3.51. The number of nitro groups is 1. The molecule has 3 heterocycles. The lowest BCUT2D eigenvalue weighted by molar-refractivity contribution is -0.384. The van der Waals surface area contributed by atoms with Gasteiger partial charge in [0.2, 0.25) is 0 Å². The number of carbonyl (C=O) groups excluding carboxylic acids is 1. The van der Waals surface area contributed by atoms with Crippen LogP contribution in [0.25, 0.3) is 5.69 Å². The van der Waals surface area contributed by atoms with Gasteiger partial charge in [-0.25, -0.2) is 4.68 Å². The van der Waals surface area contributed by atoms with Gasteiger partial charge in [0.05, 0.1) is 10.6 Å². The minimum atomic E-state index is -0.448. The predicted octanol–water partition coefficient (Wildman–Crippen LogP) is 1.07. The standard InChI is InChI=1S/C16H17N5O3/c22-16(19-9-11-7-17-8-12(11)10-19)15-4-5-20(18-15)13-2-1-3-14(6-13)21(23)24/h1-6,11-12,17H,7-10H2/t11-,12+. The zero-order valence-electron chi connectivity index (χ0n) is 13.0. The van der Waals surface area contributed by atoms with E-state index < -0.39 is 4.92 Å². The molecule has 1 N–H and O–H groups in total. The first-order valence-electron chi connectivity index (χ1n) is 7.92. The maximum atomic E-state index is 12.6. The Balaban J connectivity index is 1.53. The van der Waals surface area contributed by atoms with Crippen molar-refractivity contribution in [1.29, 1.82) is 0 Å². The lowest BCUT2D eigenvalue weighted by Crippen LogP contribution is -2.32. The van der Waals surface area contributed by atoms with Crippen LogP contribution in [0.3, 0.4) is 0 Å². The van der Waals surface area contributed by atoms with Crippen LogP contribution < -0.4 is 5.32 Å². The molecular formula is C16H17N5O3. The Hall–Kier alpha value is -2.74. The van der Waals surface area contributed by atoms with E-state index in [0.717, 1.165) is 26.2 Å². The summed E-state index contributed by atoms with van der Waals surface area (Å²) < 4.78 is 1.50. The number of carbonyl (C=O) groups is 1. The van der Waals surface area contributed by atoms with Crippen LogP contribution in [0, 0.1) is 22.0 Å². The summed E-state index contributed by atoms with van der Waals surface area (Å²) in [6.45, 7) is 3.47. The van der Waals surface area contributed by atoms with Crippen LogP contribution in [0.15, 0.2) is 36.5 Å². The SMILES string of the molecule is O=C(c1ccn(-c2cccc([N+](=O)[O-])c2)n1)N1C[C@H]2CNC[C@H]2C1. The van der Waals surface area contributed by atoms with Gasteiger partial charge < -0.3 is 10.2 Å². The average Bonchev–Trinajstić information content (AvgIpc) is 3.29. The van der Waals surface area contributed by atoms with Gasteiger partial charge in [0.1, 0.15) is 0 Å². The smallest absolute Gasteiger partial charge is 0.274 e. The van der Waals surface area contributed by atoms with Crippen LogP contribution in [0.4, 0.5) is 5.69 Å². The maximum absolute atomic E-state index is 12.6. The molecule has 0 radical (unpaired) electrons. The molecule has 1 aromatic heterocycles. The molecule has 0 aliphatic carbocycles. The minimum Gasteiger partial charge on any atom is -0.337 e. The molecule has 124 valence electrons. The molecule has 0 unspecified atom stereocenters. The summed E-state index contributed by atoms with van der Waals surface area (Å²) in [6, 6.07) is 7.85. The molecule has 4 rings (SSSR count). The van der Waals surface area contributed by atoms with Crippen molar-refractivity contribution >= 4 is 11.6 Å². The van der Waals surface area contributed by atoms with Gasteiger partial charge in [-0.3, -0.25) is 14.9 Å². The van der Waals surface area contributed by atoms with E-state index in [1.54, 1.807) is 24.4 Å². The summed E-state index contributed by atoms with van der Waals surface area (Å²) in [6.07, 6.45) is 1.66. The Morgan fingerprint density at radius 2 is 2.00 bits per heavy atom. The second kappa shape index (κ2) is 5.72. The maximum Gasteiger partial charge on any atom is 0.274 e. The molecule has 0 bridgehead atoms. The molecular weight excluding hydrogens is 310 g/mol. The minimum absolute atomic E-state index is 0.00394. The topological polar surface area (TPSA) is 93.3 Å². The quantitative estimate of drug-likeness (QED) is 0.672. The van der Waals surface area contributed by atoms with E-state index in [-0.39, 0.29) is 11.6 Å². The Morgan fingerprint density at radius 3 is 2.71 bits per heavy atom. The first kappa shape index (κ1) is 14.8. The van der Waals surface area contributed by atoms with Gasteiger partial charge in [-0.05, 0) is 24.0 Å². The van der Waals surface area contributed by atoms with Crippen molar-refractivity contribution in [2.45, 2.75) is 0 Å². The summed E-state index contributed by atoms with van der Waals surface area (Å²) in [5.41, 5.74) is 0.927. The van der Waals surface area contributed by atoms with Crippen molar-refractivity contribution in [3.8, 4) is 5.69 Å². The Labute approximate surface area is 138 Å². The summed E-state index contributed by atoms with van der Waals surface area (Å²) in [5.74, 6) is 0.995. The highest BCUT2D eigenvalue weighted by atomic mass is 16.6. The lowest BCUT2D eigenvalue weighted by Gasteiger charge is -2.15. The van der Waals surface area contributed by atoms with E-state index in [1.165, 1.54) is 16.8 Å². The summed E-state index contributed by atoms with van der Waals surface area (Å²) in [4.78, 5) is 24.9. The van der Waals surface area contributed by atoms with Crippen LogP contribution in [0.5, 0.6) is 0 Å². The van der Waals surface area contributed by atoms with E-state index in [0.29, 0.717) is 23.2 Å². The van der Waals surface area contributed by atoms with Crippen molar-refractivity contribution in [2.24, 2.45) is 11.8 Å². The monoisotopic (exact) mass is 327 g/mol. The molecule has 1 aromatic carbocycles. The van der Waals surface area contributed by atoms with Crippen molar-refractivity contribution in [3.05, 3.63) is 52.3 Å². The molecule has 0 spiro atoms. The van der Waals surface area contributed by atoms with E-state index in [4.69, 9.17) is 0 Å². The van der Waals surface area contributed by atoms with E-state index in [2.05, 4.69) is 10.4 Å². The number of non-ortho nitro benzene ring substituents is 1. The van der Waals surface area contributed by atoms with Gasteiger partial charge in [-0.1, -0.05) is 6.07 Å². The number of likely N-dealkylation sites (tertiary alicyclic amines) is 1. The second-order valence-corrected chi connectivity index (χ2v) is 6.31. The van der Waals surface area contributed by atoms with Crippen molar-refractivity contribution < 1.29 is 9.72 Å². The van der Waals surface area contributed by atoms with E-state index in [1.807, 2.05) is 4.90 Å². The highest BCUT2D eigenvalue weighted by molar-refractivity contribution is 5.92.